The van der Waals surface area contributed by atoms with E-state index in [4.69, 9.17) is 9.72 Å². The molecule has 1 aromatic carbocycles. The molecule has 4 aromatic rings. The van der Waals surface area contributed by atoms with Gasteiger partial charge in [0, 0.05) is 59.5 Å². The quantitative estimate of drug-likeness (QED) is 0.256. The average molecular weight is 592 g/mol. The molecule has 10 nitrogen and oxygen atoms in total. The highest BCUT2D eigenvalue weighted by Crippen LogP contribution is 2.68. The highest BCUT2D eigenvalue weighted by Gasteiger charge is 2.67. The maximum Gasteiger partial charge on any atom is 0.274 e. The largest absolute Gasteiger partial charge is 0.381 e. The number of ether oxygens (including phenoxy) is 1. The molecular weight excluding hydrogens is 554 g/mol. The van der Waals surface area contributed by atoms with Gasteiger partial charge in [0.15, 0.2) is 0 Å². The first-order valence-corrected chi connectivity index (χ1v) is 15.3. The summed E-state index contributed by atoms with van der Waals surface area (Å²) < 4.78 is 5.78. The molecule has 1 unspecified atom stereocenters. The van der Waals surface area contributed by atoms with Crippen LogP contribution < -0.4 is 10.6 Å². The number of pyridine rings is 1. The normalized spacial score (nSPS) is 24.8. The first-order valence-electron chi connectivity index (χ1n) is 15.3. The number of benzene rings is 1. The van der Waals surface area contributed by atoms with Crippen molar-refractivity contribution in [3.63, 3.8) is 0 Å². The number of carbonyl (C=O) groups excluding carboxylic acids is 2. The Bertz CT molecular complexity index is 1730. The molecule has 3 atom stereocenters. The maximum absolute atomic E-state index is 13.1. The van der Waals surface area contributed by atoms with E-state index in [9.17, 15) is 9.59 Å². The Balaban J connectivity index is 1.02. The number of amides is 2. The Morgan fingerprint density at radius 3 is 2.86 bits per heavy atom. The minimum absolute atomic E-state index is 0.0602. The summed E-state index contributed by atoms with van der Waals surface area (Å²) in [5.41, 5.74) is 6.17. The van der Waals surface area contributed by atoms with Crippen LogP contribution in [0.15, 0.2) is 67.6 Å². The fraction of sp³-hybridized carbons (Fsp3) is 0.382. The van der Waals surface area contributed by atoms with Gasteiger partial charge in [-0.2, -0.15) is 0 Å². The standard InChI is InChI=1S/C34H37N7O3/c1-3-29(42)38-25-5-4-13-41(18-25)17-22-10-12-35-28(15-22)32(43)39-24-8-6-23(7-9-24)27-16-26-30(36-21-37-31(26)40-27)34-11-14-44-20-33(34,2)19-34/h3,6-10,12,15-16,21,25H,1,4-5,11,13-14,17-20H2,2H3,(H,38,42)(H,39,43)(H,36,37,40)/t25-,33?,34+/m1/s1. The lowest BCUT2D eigenvalue weighted by Crippen LogP contribution is -2.46. The molecular formula is C34H37N7O3. The number of nitrogens with zero attached hydrogens (tertiary/aromatic N) is 4. The van der Waals surface area contributed by atoms with Crippen LogP contribution in [0.4, 0.5) is 5.69 Å². The topological polar surface area (TPSA) is 125 Å². The number of likely N-dealkylation sites (tertiary alicyclic amines) is 1. The SMILES string of the molecule is C=CC(=O)N[C@@H]1CCCN(Cc2ccnc(C(=O)Nc3ccc(-c4cc5c([C@@]67CCOCC6(C)C7)ncnc5[nH]4)cc3)c2)C1. The van der Waals surface area contributed by atoms with E-state index in [-0.39, 0.29) is 28.7 Å². The van der Waals surface area contributed by atoms with Gasteiger partial charge in [-0.15, -0.1) is 0 Å². The summed E-state index contributed by atoms with van der Waals surface area (Å²) in [6, 6.07) is 13.8. The molecule has 10 heteroatoms. The van der Waals surface area contributed by atoms with E-state index < -0.39 is 0 Å². The maximum atomic E-state index is 13.1. The van der Waals surface area contributed by atoms with Gasteiger partial charge in [-0.05, 0) is 79.8 Å². The van der Waals surface area contributed by atoms with Gasteiger partial charge in [0.2, 0.25) is 5.91 Å². The van der Waals surface area contributed by atoms with Gasteiger partial charge < -0.3 is 20.4 Å². The van der Waals surface area contributed by atoms with Crippen molar-refractivity contribution in [3.8, 4) is 11.3 Å². The zero-order valence-electron chi connectivity index (χ0n) is 24.9. The fourth-order valence-corrected chi connectivity index (χ4v) is 7.17. The second-order valence-corrected chi connectivity index (χ2v) is 12.7. The van der Waals surface area contributed by atoms with Gasteiger partial charge in [0.1, 0.15) is 17.7 Å². The van der Waals surface area contributed by atoms with E-state index in [0.717, 1.165) is 85.5 Å². The van der Waals surface area contributed by atoms with Crippen molar-refractivity contribution in [2.75, 3.05) is 31.6 Å². The van der Waals surface area contributed by atoms with E-state index in [2.05, 4.69) is 50.1 Å². The number of H-pyrrole nitrogens is 1. The van der Waals surface area contributed by atoms with Crippen LogP contribution in [-0.4, -0.2) is 69.0 Å². The summed E-state index contributed by atoms with van der Waals surface area (Å²) in [4.78, 5) is 44.2. The number of hydrogen-bond donors (Lipinski definition) is 3. The zero-order chi connectivity index (χ0) is 30.3. The van der Waals surface area contributed by atoms with E-state index in [0.29, 0.717) is 17.9 Å². The number of carbonyl (C=O) groups is 2. The second kappa shape index (κ2) is 11.3. The Morgan fingerprint density at radius 2 is 2.05 bits per heavy atom. The molecule has 3 aliphatic rings. The lowest BCUT2D eigenvalue weighted by Gasteiger charge is -2.33. The number of rotatable bonds is 8. The van der Waals surface area contributed by atoms with E-state index in [1.165, 1.54) is 6.08 Å². The predicted octanol–water partition coefficient (Wildman–Crippen LogP) is 4.61. The zero-order valence-corrected chi connectivity index (χ0v) is 24.9. The summed E-state index contributed by atoms with van der Waals surface area (Å²) in [6.07, 6.45) is 8.66. The van der Waals surface area contributed by atoms with Crippen molar-refractivity contribution < 1.29 is 14.3 Å². The minimum Gasteiger partial charge on any atom is -0.381 e. The first kappa shape index (κ1) is 28.4. The molecule has 3 N–H and O–H groups in total. The third kappa shape index (κ3) is 5.28. The number of piperidine rings is 1. The van der Waals surface area contributed by atoms with Crippen LogP contribution >= 0.6 is 0 Å². The smallest absolute Gasteiger partial charge is 0.274 e. The summed E-state index contributed by atoms with van der Waals surface area (Å²) in [5.74, 6) is -0.406. The van der Waals surface area contributed by atoms with Crippen LogP contribution in [0.25, 0.3) is 22.3 Å². The van der Waals surface area contributed by atoms with Crippen LogP contribution in [0, 0.1) is 5.41 Å². The molecule has 3 fully saturated rings. The Morgan fingerprint density at radius 1 is 1.18 bits per heavy atom. The second-order valence-electron chi connectivity index (χ2n) is 12.7. The Kier molecular flexibility index (Phi) is 7.26. The molecule has 5 heterocycles. The number of aromatic nitrogens is 4. The minimum atomic E-state index is -0.261. The van der Waals surface area contributed by atoms with E-state index in [1.54, 1.807) is 12.5 Å². The molecule has 0 spiro atoms. The molecule has 0 radical (unpaired) electrons. The van der Waals surface area contributed by atoms with Gasteiger partial charge >= 0.3 is 0 Å². The molecule has 226 valence electrons. The molecule has 3 aromatic heterocycles. The van der Waals surface area contributed by atoms with Crippen molar-refractivity contribution in [3.05, 3.63) is 84.6 Å². The van der Waals surface area contributed by atoms with Crippen LogP contribution in [0.2, 0.25) is 0 Å². The summed E-state index contributed by atoms with van der Waals surface area (Å²) in [6.45, 7) is 9.76. The molecule has 2 saturated heterocycles. The number of anilines is 1. The van der Waals surface area contributed by atoms with Crippen LogP contribution in [-0.2, 0) is 21.5 Å². The van der Waals surface area contributed by atoms with Crippen LogP contribution in [0.1, 0.15) is 54.4 Å². The molecule has 1 saturated carbocycles. The van der Waals surface area contributed by atoms with Crippen LogP contribution in [0.5, 0.6) is 0 Å². The lowest BCUT2D eigenvalue weighted by atomic mass is 9.85. The van der Waals surface area contributed by atoms with Crippen LogP contribution in [0.3, 0.4) is 0 Å². The predicted molar refractivity (Wildman–Crippen MR) is 168 cm³/mol. The molecule has 2 amide bonds. The van der Waals surface area contributed by atoms with Crippen molar-refractivity contribution in [1.82, 2.24) is 30.2 Å². The molecule has 7 rings (SSSR count). The van der Waals surface area contributed by atoms with Gasteiger partial charge in [-0.1, -0.05) is 25.6 Å². The number of fused-ring (bicyclic) bond motifs is 2. The molecule has 2 aliphatic heterocycles. The summed E-state index contributed by atoms with van der Waals surface area (Å²) in [7, 11) is 0. The average Bonchev–Trinajstić information content (AvgIpc) is 3.46. The van der Waals surface area contributed by atoms with E-state index in [1.807, 2.05) is 36.4 Å². The third-order valence-corrected chi connectivity index (χ3v) is 9.65. The monoisotopic (exact) mass is 591 g/mol. The Labute approximate surface area is 256 Å². The number of aromatic amines is 1. The van der Waals surface area contributed by atoms with Gasteiger partial charge in [-0.3, -0.25) is 19.5 Å². The highest BCUT2D eigenvalue weighted by molar-refractivity contribution is 6.03. The number of nitrogens with one attached hydrogen (secondary N) is 3. The van der Waals surface area contributed by atoms with Crippen molar-refractivity contribution in [2.24, 2.45) is 5.41 Å². The van der Waals surface area contributed by atoms with Gasteiger partial charge in [-0.25, -0.2) is 9.97 Å². The Hall–Kier alpha value is -4.41. The van der Waals surface area contributed by atoms with Crippen molar-refractivity contribution in [1.29, 1.82) is 0 Å². The fourth-order valence-electron chi connectivity index (χ4n) is 7.17. The van der Waals surface area contributed by atoms with Crippen molar-refractivity contribution in [2.45, 2.75) is 50.6 Å². The van der Waals surface area contributed by atoms with Gasteiger partial charge in [0.25, 0.3) is 5.91 Å². The number of hydrogen-bond acceptors (Lipinski definition) is 7. The first-order chi connectivity index (χ1) is 21.4. The molecule has 0 bridgehead atoms. The lowest BCUT2D eigenvalue weighted by molar-refractivity contribution is -0.117. The highest BCUT2D eigenvalue weighted by atomic mass is 16.5. The molecule has 1 aliphatic carbocycles. The molecule has 44 heavy (non-hydrogen) atoms. The summed E-state index contributed by atoms with van der Waals surface area (Å²) in [5, 5.41) is 7.04. The summed E-state index contributed by atoms with van der Waals surface area (Å²) >= 11 is 0. The third-order valence-electron chi connectivity index (χ3n) is 9.65. The van der Waals surface area contributed by atoms with Crippen molar-refractivity contribution >= 4 is 28.5 Å². The van der Waals surface area contributed by atoms with E-state index >= 15 is 0 Å². The van der Waals surface area contributed by atoms with Gasteiger partial charge in [0.05, 0.1) is 12.3 Å².